The second-order valence-electron chi connectivity index (χ2n) is 12.0. The molecule has 1 N–H and O–H groups in total. The van der Waals surface area contributed by atoms with Crippen molar-refractivity contribution in [2.24, 2.45) is 11.8 Å². The first kappa shape index (κ1) is 32.5. The van der Waals surface area contributed by atoms with Crippen molar-refractivity contribution >= 4 is 5.97 Å². The first-order valence-electron chi connectivity index (χ1n) is 15.5. The molecule has 1 aliphatic rings. The van der Waals surface area contributed by atoms with Gasteiger partial charge in [-0.3, -0.25) is 0 Å². The lowest BCUT2D eigenvalue weighted by molar-refractivity contribution is -0.141. The zero-order valence-corrected chi connectivity index (χ0v) is 25.3. The minimum Gasteiger partial charge on any atom is -0.462 e. The lowest BCUT2D eigenvalue weighted by Crippen LogP contribution is -2.27. The number of benzene rings is 3. The molecular weight excluding hydrogens is 549 g/mol. The maximum absolute atomic E-state index is 15.3. The van der Waals surface area contributed by atoms with E-state index in [0.29, 0.717) is 53.5 Å². The summed E-state index contributed by atoms with van der Waals surface area (Å²) >= 11 is 0. The third-order valence-electron chi connectivity index (χ3n) is 8.84. The quantitative estimate of drug-likeness (QED) is 0.122. The number of hydrogen-bond acceptors (Lipinski definition) is 3. The second-order valence-corrected chi connectivity index (χ2v) is 12.0. The molecule has 0 saturated heterocycles. The molecule has 3 aromatic carbocycles. The molecule has 0 bridgehead atoms. The zero-order valence-electron chi connectivity index (χ0n) is 25.3. The van der Waals surface area contributed by atoms with Gasteiger partial charge in [-0.15, -0.1) is 0 Å². The van der Waals surface area contributed by atoms with E-state index in [2.05, 4.69) is 13.5 Å². The Morgan fingerprint density at radius 3 is 2.16 bits per heavy atom. The molecule has 1 unspecified atom stereocenters. The van der Waals surface area contributed by atoms with E-state index in [-0.39, 0.29) is 23.7 Å². The normalized spacial score (nSPS) is 17.4. The topological polar surface area (TPSA) is 46.5 Å². The molecular formula is C37H43F3O3. The summed E-state index contributed by atoms with van der Waals surface area (Å²) < 4.78 is 50.4. The predicted molar refractivity (Wildman–Crippen MR) is 166 cm³/mol. The summed E-state index contributed by atoms with van der Waals surface area (Å²) in [4.78, 5) is 11.8. The van der Waals surface area contributed by atoms with E-state index in [1.165, 1.54) is 23.8 Å². The molecule has 3 aromatic rings. The van der Waals surface area contributed by atoms with E-state index in [9.17, 15) is 18.7 Å². The number of aliphatic hydroxyl groups is 1. The molecule has 1 saturated carbocycles. The first-order chi connectivity index (χ1) is 20.7. The Kier molecular flexibility index (Phi) is 11.6. The van der Waals surface area contributed by atoms with Crippen LogP contribution in [0.15, 0.2) is 66.7 Å². The van der Waals surface area contributed by atoms with Gasteiger partial charge in [-0.25, -0.2) is 18.0 Å². The highest BCUT2D eigenvalue weighted by Crippen LogP contribution is 2.40. The van der Waals surface area contributed by atoms with Gasteiger partial charge in [0.15, 0.2) is 0 Å². The minimum absolute atomic E-state index is 0.0590. The maximum Gasteiger partial charge on any atom is 0.333 e. The summed E-state index contributed by atoms with van der Waals surface area (Å²) in [6.45, 7) is 7.69. The van der Waals surface area contributed by atoms with Gasteiger partial charge in [0.2, 0.25) is 0 Å². The smallest absolute Gasteiger partial charge is 0.333 e. The highest BCUT2D eigenvalue weighted by Gasteiger charge is 2.29. The van der Waals surface area contributed by atoms with Gasteiger partial charge in [0.25, 0.3) is 0 Å². The summed E-state index contributed by atoms with van der Waals surface area (Å²) in [6.07, 6.45) is 8.04. The molecule has 43 heavy (non-hydrogen) atoms. The Morgan fingerprint density at radius 1 is 0.930 bits per heavy atom. The van der Waals surface area contributed by atoms with Crippen molar-refractivity contribution in [2.45, 2.75) is 77.6 Å². The number of unbranched alkanes of at least 4 members (excludes halogenated alkanes) is 2. The number of carbonyl (C=O) groups is 1. The van der Waals surface area contributed by atoms with Crippen LogP contribution in [-0.4, -0.2) is 24.3 Å². The van der Waals surface area contributed by atoms with E-state index in [0.717, 1.165) is 44.9 Å². The Hall–Kier alpha value is -3.38. The third kappa shape index (κ3) is 8.38. The van der Waals surface area contributed by atoms with Crippen LogP contribution in [0.25, 0.3) is 22.3 Å². The molecule has 230 valence electrons. The van der Waals surface area contributed by atoms with Crippen LogP contribution in [0.4, 0.5) is 13.2 Å². The lowest BCUT2D eigenvalue weighted by atomic mass is 9.73. The number of halogens is 3. The van der Waals surface area contributed by atoms with Crippen molar-refractivity contribution in [3.05, 3.63) is 95.3 Å². The minimum atomic E-state index is -0.673. The molecule has 1 fully saturated rings. The molecule has 0 aliphatic heterocycles. The van der Waals surface area contributed by atoms with Crippen LogP contribution in [0.5, 0.6) is 0 Å². The van der Waals surface area contributed by atoms with Gasteiger partial charge in [-0.2, -0.15) is 0 Å². The Labute approximate surface area is 253 Å². The van der Waals surface area contributed by atoms with E-state index >= 15 is 4.39 Å². The van der Waals surface area contributed by atoms with E-state index in [1.54, 1.807) is 19.1 Å². The van der Waals surface area contributed by atoms with Crippen LogP contribution >= 0.6 is 0 Å². The standard InChI is InChI=1S/C37H43F3O3/c1-4-5-6-7-25-20-34(39)36(35(40)21-25)30-16-17-32(33(38)22-30)29-14-12-27(13-15-29)26-8-10-28(11-9-26)31(18-19-41)23-43-37(42)24(2)3/h12-17,20-22,26,28,31,41H,2,4-11,18-19,23H2,1,3H3. The molecule has 1 atom stereocenters. The molecule has 6 heteroatoms. The van der Waals surface area contributed by atoms with Gasteiger partial charge in [-0.05, 0) is 110 Å². The van der Waals surface area contributed by atoms with Crippen LogP contribution in [-0.2, 0) is 16.0 Å². The highest BCUT2D eigenvalue weighted by atomic mass is 19.1. The molecule has 0 spiro atoms. The van der Waals surface area contributed by atoms with E-state index in [1.807, 2.05) is 24.3 Å². The second kappa shape index (κ2) is 15.4. The van der Waals surface area contributed by atoms with Gasteiger partial charge in [-0.1, -0.05) is 62.7 Å². The maximum atomic E-state index is 15.3. The summed E-state index contributed by atoms with van der Waals surface area (Å²) in [5, 5.41) is 9.53. The van der Waals surface area contributed by atoms with Gasteiger partial charge in [0.1, 0.15) is 17.5 Å². The molecule has 0 aromatic heterocycles. The van der Waals surface area contributed by atoms with E-state index < -0.39 is 23.4 Å². The Balaban J connectivity index is 1.40. The van der Waals surface area contributed by atoms with Crippen molar-refractivity contribution < 1.29 is 27.8 Å². The average molecular weight is 593 g/mol. The van der Waals surface area contributed by atoms with Crippen LogP contribution < -0.4 is 0 Å². The molecule has 3 nitrogen and oxygen atoms in total. The van der Waals surface area contributed by atoms with Gasteiger partial charge >= 0.3 is 5.97 Å². The van der Waals surface area contributed by atoms with Crippen LogP contribution in [0.3, 0.4) is 0 Å². The molecule has 1 aliphatic carbocycles. The molecule has 0 radical (unpaired) electrons. The van der Waals surface area contributed by atoms with Crippen LogP contribution in [0.1, 0.15) is 82.3 Å². The van der Waals surface area contributed by atoms with Crippen molar-refractivity contribution in [1.82, 2.24) is 0 Å². The number of rotatable bonds is 13. The zero-order chi connectivity index (χ0) is 30.9. The van der Waals surface area contributed by atoms with Gasteiger partial charge < -0.3 is 9.84 Å². The predicted octanol–water partition coefficient (Wildman–Crippen LogP) is 9.56. The number of aryl methyl sites for hydroxylation is 1. The summed E-state index contributed by atoms with van der Waals surface area (Å²) in [7, 11) is 0. The molecule has 0 amide bonds. The Morgan fingerprint density at radius 2 is 1.58 bits per heavy atom. The van der Waals surface area contributed by atoms with Crippen LogP contribution in [0, 0.1) is 29.3 Å². The van der Waals surface area contributed by atoms with Crippen molar-refractivity contribution in [3.63, 3.8) is 0 Å². The Bertz CT molecular complexity index is 1370. The molecule has 4 rings (SSSR count). The van der Waals surface area contributed by atoms with Gasteiger partial charge in [0, 0.05) is 17.7 Å². The average Bonchev–Trinajstić information content (AvgIpc) is 2.99. The number of hydrogen-bond donors (Lipinski definition) is 1. The SMILES string of the molecule is C=C(C)C(=O)OCC(CCO)C1CCC(c2ccc(-c3ccc(-c4c(F)cc(CCCCC)cc4F)cc3F)cc2)CC1. The fraction of sp³-hybridized carbons (Fsp3) is 0.432. The monoisotopic (exact) mass is 592 g/mol. The van der Waals surface area contributed by atoms with Crippen molar-refractivity contribution in [1.29, 1.82) is 0 Å². The van der Waals surface area contributed by atoms with Crippen LogP contribution in [0.2, 0.25) is 0 Å². The van der Waals surface area contributed by atoms with Crippen molar-refractivity contribution in [3.8, 4) is 22.3 Å². The lowest BCUT2D eigenvalue weighted by Gasteiger charge is -2.34. The highest BCUT2D eigenvalue weighted by molar-refractivity contribution is 5.86. The summed E-state index contributed by atoms with van der Waals surface area (Å²) in [6, 6.07) is 14.9. The number of esters is 1. The van der Waals surface area contributed by atoms with E-state index in [4.69, 9.17) is 4.74 Å². The number of aliphatic hydroxyl groups excluding tert-OH is 1. The third-order valence-corrected chi connectivity index (χ3v) is 8.84. The number of ether oxygens (including phenoxy) is 1. The first-order valence-corrected chi connectivity index (χ1v) is 15.5. The summed E-state index contributed by atoms with van der Waals surface area (Å²) in [5.41, 5.74) is 3.24. The number of carbonyl (C=O) groups excluding carboxylic acids is 1. The summed E-state index contributed by atoms with van der Waals surface area (Å²) in [5.74, 6) is -1.40. The van der Waals surface area contributed by atoms with Gasteiger partial charge in [0.05, 0.1) is 12.2 Å². The largest absolute Gasteiger partial charge is 0.462 e. The van der Waals surface area contributed by atoms with Crippen molar-refractivity contribution in [2.75, 3.05) is 13.2 Å². The fourth-order valence-corrected chi connectivity index (χ4v) is 6.32. The fourth-order valence-electron chi connectivity index (χ4n) is 6.32. The molecule has 0 heterocycles.